The number of carboxylic acid groups (broad SMARTS) is 1. The Morgan fingerprint density at radius 1 is 1.02 bits per heavy atom. The van der Waals surface area contributed by atoms with Crippen molar-refractivity contribution in [2.24, 2.45) is 11.3 Å². The zero-order valence-corrected chi connectivity index (χ0v) is 26.2. The summed E-state index contributed by atoms with van der Waals surface area (Å²) in [5.41, 5.74) is 1.49. The Labute approximate surface area is 254 Å². The Balaban J connectivity index is 1.33. The van der Waals surface area contributed by atoms with Gasteiger partial charge >= 0.3 is 5.97 Å². The highest BCUT2D eigenvalue weighted by atomic mass is 32.1. The molecule has 8 heteroatoms. The fraction of sp³-hybridized carbons (Fsp3) is 0.618. The van der Waals surface area contributed by atoms with Crippen LogP contribution in [0.2, 0.25) is 0 Å². The lowest BCUT2D eigenvalue weighted by atomic mass is 9.86. The SMILES string of the molecule is CC(C)(C)C#Cc1cc(N(C(=O)C2CCCCC2)C2CCC(Oc3cncc(CN4CCCC4)c3)CC2)c(C(=O)O)s1. The third-order valence-corrected chi connectivity index (χ3v) is 9.63. The molecule has 42 heavy (non-hydrogen) atoms. The molecule has 1 amide bonds. The van der Waals surface area contributed by atoms with Crippen molar-refractivity contribution in [2.45, 2.75) is 110 Å². The van der Waals surface area contributed by atoms with Gasteiger partial charge in [-0.1, -0.05) is 31.1 Å². The lowest BCUT2D eigenvalue weighted by Crippen LogP contribution is -2.47. The third-order valence-electron chi connectivity index (χ3n) is 8.61. The van der Waals surface area contributed by atoms with E-state index in [2.05, 4.69) is 27.8 Å². The molecule has 0 unspecified atom stereocenters. The molecule has 2 aromatic rings. The number of likely N-dealkylation sites (tertiary alicyclic amines) is 1. The van der Waals surface area contributed by atoms with E-state index >= 15 is 0 Å². The Morgan fingerprint density at radius 3 is 2.40 bits per heavy atom. The lowest BCUT2D eigenvalue weighted by molar-refractivity contribution is -0.124. The summed E-state index contributed by atoms with van der Waals surface area (Å²) in [7, 11) is 0. The first-order valence-electron chi connectivity index (χ1n) is 15.7. The number of hydrogen-bond donors (Lipinski definition) is 1. The van der Waals surface area contributed by atoms with Crippen LogP contribution >= 0.6 is 11.3 Å². The topological polar surface area (TPSA) is 83.0 Å². The number of carboxylic acids is 1. The van der Waals surface area contributed by atoms with E-state index in [9.17, 15) is 14.7 Å². The van der Waals surface area contributed by atoms with Crippen molar-refractivity contribution in [3.05, 3.63) is 39.8 Å². The first-order valence-corrected chi connectivity index (χ1v) is 16.5. The Bertz CT molecular complexity index is 1300. The average Bonchev–Trinajstić information content (AvgIpc) is 3.64. The summed E-state index contributed by atoms with van der Waals surface area (Å²) in [6.45, 7) is 9.29. The highest BCUT2D eigenvalue weighted by Gasteiger charge is 2.37. The van der Waals surface area contributed by atoms with E-state index in [-0.39, 0.29) is 34.3 Å². The quantitative estimate of drug-likeness (QED) is 0.329. The molecule has 0 radical (unpaired) electrons. The summed E-state index contributed by atoms with van der Waals surface area (Å²) < 4.78 is 6.41. The molecule has 3 heterocycles. The minimum absolute atomic E-state index is 0.0475. The fourth-order valence-corrected chi connectivity index (χ4v) is 7.33. The summed E-state index contributed by atoms with van der Waals surface area (Å²) in [5, 5.41) is 10.2. The van der Waals surface area contributed by atoms with Crippen LogP contribution in [0.1, 0.15) is 112 Å². The highest BCUT2D eigenvalue weighted by Crippen LogP contribution is 2.38. The van der Waals surface area contributed by atoms with E-state index in [1.165, 1.54) is 29.7 Å². The highest BCUT2D eigenvalue weighted by molar-refractivity contribution is 7.15. The average molecular weight is 592 g/mol. The monoisotopic (exact) mass is 591 g/mol. The van der Waals surface area contributed by atoms with Crippen molar-refractivity contribution in [3.63, 3.8) is 0 Å². The van der Waals surface area contributed by atoms with Gasteiger partial charge in [0.15, 0.2) is 0 Å². The minimum atomic E-state index is -1.00. The van der Waals surface area contributed by atoms with Gasteiger partial charge in [0.2, 0.25) is 5.91 Å². The van der Waals surface area contributed by atoms with Gasteiger partial charge in [0, 0.05) is 30.1 Å². The van der Waals surface area contributed by atoms with Gasteiger partial charge in [-0.05, 0) is 103 Å². The first-order chi connectivity index (χ1) is 20.2. The molecule has 3 aliphatic rings. The zero-order chi connectivity index (χ0) is 29.7. The number of amides is 1. The molecule has 0 spiro atoms. The summed E-state index contributed by atoms with van der Waals surface area (Å²) in [6, 6.07) is 3.89. The molecular formula is C34H45N3O4S. The van der Waals surface area contributed by atoms with Crippen molar-refractivity contribution in [2.75, 3.05) is 18.0 Å². The van der Waals surface area contributed by atoms with E-state index in [1.807, 2.05) is 37.9 Å². The lowest BCUT2D eigenvalue weighted by Gasteiger charge is -2.39. The fourth-order valence-electron chi connectivity index (χ4n) is 6.49. The van der Waals surface area contributed by atoms with Crippen LogP contribution in [0.25, 0.3) is 0 Å². The third kappa shape index (κ3) is 7.93. The van der Waals surface area contributed by atoms with Crippen molar-refractivity contribution in [3.8, 4) is 17.6 Å². The number of hydrogen-bond acceptors (Lipinski definition) is 6. The van der Waals surface area contributed by atoms with Gasteiger partial charge in [0.25, 0.3) is 0 Å². The predicted octanol–water partition coefficient (Wildman–Crippen LogP) is 7.14. The molecule has 1 aliphatic heterocycles. The van der Waals surface area contributed by atoms with E-state index in [0.717, 1.165) is 83.2 Å². The predicted molar refractivity (Wildman–Crippen MR) is 167 cm³/mol. The van der Waals surface area contributed by atoms with Crippen molar-refractivity contribution >= 4 is 28.9 Å². The molecule has 3 fully saturated rings. The number of nitrogens with zero attached hydrogens (tertiary/aromatic N) is 3. The summed E-state index contributed by atoms with van der Waals surface area (Å²) in [6.07, 6.45) is 14.4. The normalized spacial score (nSPS) is 21.9. The molecule has 226 valence electrons. The molecule has 7 nitrogen and oxygen atoms in total. The molecule has 0 bridgehead atoms. The van der Waals surface area contributed by atoms with E-state index in [1.54, 1.807) is 6.20 Å². The first kappa shape index (κ1) is 30.6. The molecule has 2 saturated carbocycles. The van der Waals surface area contributed by atoms with E-state index in [4.69, 9.17) is 4.74 Å². The molecule has 1 N–H and O–H groups in total. The van der Waals surface area contributed by atoms with Crippen LogP contribution in [0.5, 0.6) is 5.75 Å². The number of carbonyl (C=O) groups excluding carboxylic acids is 1. The maximum Gasteiger partial charge on any atom is 0.348 e. The number of carbonyl (C=O) groups is 2. The van der Waals surface area contributed by atoms with Gasteiger partial charge in [-0.2, -0.15) is 0 Å². The van der Waals surface area contributed by atoms with Gasteiger partial charge in [-0.25, -0.2) is 4.79 Å². The molecular weight excluding hydrogens is 546 g/mol. The molecule has 0 atom stereocenters. The molecule has 1 saturated heterocycles. The molecule has 2 aromatic heterocycles. The van der Waals surface area contributed by atoms with Crippen molar-refractivity contribution < 1.29 is 19.4 Å². The second kappa shape index (κ2) is 13.6. The second-order valence-corrected chi connectivity index (χ2v) is 14.3. The molecule has 0 aromatic carbocycles. The number of anilines is 1. The Kier molecular flexibility index (Phi) is 9.90. The van der Waals surface area contributed by atoms with Gasteiger partial charge in [0.1, 0.15) is 10.6 Å². The van der Waals surface area contributed by atoms with Crippen LogP contribution in [0.3, 0.4) is 0 Å². The number of thiophene rings is 1. The van der Waals surface area contributed by atoms with Crippen LogP contribution < -0.4 is 9.64 Å². The number of pyridine rings is 1. The maximum atomic E-state index is 14.1. The molecule has 5 rings (SSSR count). The number of ether oxygens (including phenoxy) is 1. The largest absolute Gasteiger partial charge is 0.489 e. The summed E-state index contributed by atoms with van der Waals surface area (Å²) in [5.74, 6) is 6.22. The zero-order valence-electron chi connectivity index (χ0n) is 25.4. The van der Waals surface area contributed by atoms with Crippen molar-refractivity contribution in [1.29, 1.82) is 0 Å². The van der Waals surface area contributed by atoms with Gasteiger partial charge < -0.3 is 14.7 Å². The molecule has 2 aliphatic carbocycles. The smallest absolute Gasteiger partial charge is 0.348 e. The summed E-state index contributed by atoms with van der Waals surface area (Å²) in [4.78, 5) is 36.2. The Morgan fingerprint density at radius 2 is 1.74 bits per heavy atom. The minimum Gasteiger partial charge on any atom is -0.489 e. The van der Waals surface area contributed by atoms with Gasteiger partial charge in [-0.3, -0.25) is 14.7 Å². The maximum absolute atomic E-state index is 14.1. The number of rotatable bonds is 8. The van der Waals surface area contributed by atoms with Crippen LogP contribution in [0.4, 0.5) is 5.69 Å². The summed E-state index contributed by atoms with van der Waals surface area (Å²) >= 11 is 1.18. The second-order valence-electron chi connectivity index (χ2n) is 13.2. The van der Waals surface area contributed by atoms with E-state index < -0.39 is 5.97 Å². The van der Waals surface area contributed by atoms with Crippen LogP contribution in [-0.2, 0) is 11.3 Å². The van der Waals surface area contributed by atoms with E-state index in [0.29, 0.717) is 10.6 Å². The van der Waals surface area contributed by atoms with Gasteiger partial charge in [-0.15, -0.1) is 11.3 Å². The van der Waals surface area contributed by atoms with Crippen molar-refractivity contribution in [1.82, 2.24) is 9.88 Å². The standard InChI is InChI=1S/C34H45N3O4S/c1-34(2,3)16-15-29-20-30(31(42-29)33(39)40)37(32(38)25-9-5-4-6-10-25)26-11-13-27(14-12-26)41-28-19-24(21-35-22-28)23-36-17-7-8-18-36/h19-22,25-27H,4-14,17-18,23H2,1-3H3,(H,39,40). The number of aromatic carboxylic acids is 1. The van der Waals surface area contributed by atoms with Crippen LogP contribution in [-0.4, -0.2) is 52.1 Å². The van der Waals surface area contributed by atoms with Crippen LogP contribution in [0, 0.1) is 23.2 Å². The van der Waals surface area contributed by atoms with Gasteiger partial charge in [0.05, 0.1) is 22.9 Å². The Hall–Kier alpha value is -2.89. The van der Waals surface area contributed by atoms with Crippen LogP contribution in [0.15, 0.2) is 24.5 Å². The number of aromatic nitrogens is 1.